The van der Waals surface area contributed by atoms with Gasteiger partial charge in [0.2, 0.25) is 5.78 Å². The monoisotopic (exact) mass is 660 g/mol. The summed E-state index contributed by atoms with van der Waals surface area (Å²) in [4.78, 5) is 14.6. The molecule has 0 saturated carbocycles. The summed E-state index contributed by atoms with van der Waals surface area (Å²) in [5.41, 5.74) is 1.89. The number of hydrogen-bond donors (Lipinski definition) is 0. The smallest absolute Gasteiger partial charge is 0.268 e. The van der Waals surface area contributed by atoms with Crippen LogP contribution in [0, 0.1) is 6.92 Å². The van der Waals surface area contributed by atoms with E-state index in [9.17, 15) is 21.6 Å². The maximum absolute atomic E-state index is 14.7. The van der Waals surface area contributed by atoms with Crippen LogP contribution in [0.15, 0.2) is 149 Å². The number of aromatic nitrogens is 2. The Bertz CT molecular complexity index is 2500. The first-order chi connectivity index (χ1) is 22.6. The summed E-state index contributed by atoms with van der Waals surface area (Å²) in [6.45, 7) is 2.12. The Morgan fingerprint density at radius 1 is 0.574 bits per heavy atom. The van der Waals surface area contributed by atoms with Crippen LogP contribution in [0.5, 0.6) is 5.75 Å². The molecule has 5 aromatic carbocycles. The highest BCUT2D eigenvalue weighted by molar-refractivity contribution is 7.90. The molecule has 0 unspecified atom stereocenters. The minimum absolute atomic E-state index is 0.00860. The minimum atomic E-state index is -4.31. The molecule has 0 spiro atoms. The first-order valence-corrected chi connectivity index (χ1v) is 17.6. The first kappa shape index (κ1) is 30.2. The molecule has 2 aromatic heterocycles. The van der Waals surface area contributed by atoms with Gasteiger partial charge in [0.25, 0.3) is 20.0 Å². The van der Waals surface area contributed by atoms with Crippen LogP contribution in [0.3, 0.4) is 0 Å². The molecule has 0 fully saturated rings. The topological polar surface area (TPSA) is 104 Å². The van der Waals surface area contributed by atoms with Gasteiger partial charge in [0.1, 0.15) is 23.7 Å². The number of aryl methyl sites for hydroxylation is 1. The number of nitrogens with zero attached hydrogens (tertiary/aromatic N) is 2. The molecule has 7 rings (SSSR count). The van der Waals surface area contributed by atoms with E-state index in [0.717, 1.165) is 19.1 Å². The van der Waals surface area contributed by atoms with Crippen molar-refractivity contribution in [2.45, 2.75) is 23.3 Å². The summed E-state index contributed by atoms with van der Waals surface area (Å²) in [6, 6.07) is 38.3. The van der Waals surface area contributed by atoms with Gasteiger partial charge in [-0.25, -0.2) is 24.8 Å². The highest BCUT2D eigenvalue weighted by atomic mass is 32.2. The van der Waals surface area contributed by atoms with E-state index in [4.69, 9.17) is 4.74 Å². The molecule has 0 N–H and O–H groups in total. The Kier molecular flexibility index (Phi) is 7.54. The van der Waals surface area contributed by atoms with Gasteiger partial charge in [0.05, 0.1) is 20.8 Å². The van der Waals surface area contributed by atoms with Gasteiger partial charge in [-0.3, -0.25) is 4.79 Å². The van der Waals surface area contributed by atoms with E-state index in [1.54, 1.807) is 66.7 Å². The van der Waals surface area contributed by atoms with Gasteiger partial charge in [0, 0.05) is 10.8 Å². The van der Waals surface area contributed by atoms with Crippen molar-refractivity contribution in [2.75, 3.05) is 0 Å². The molecule has 0 radical (unpaired) electrons. The summed E-state index contributed by atoms with van der Waals surface area (Å²) < 4.78 is 64.8. The van der Waals surface area contributed by atoms with Crippen molar-refractivity contribution in [1.82, 2.24) is 7.94 Å². The second kappa shape index (κ2) is 11.7. The van der Waals surface area contributed by atoms with Crippen molar-refractivity contribution in [2.24, 2.45) is 0 Å². The Hall–Kier alpha value is -5.45. The number of rotatable bonds is 9. The van der Waals surface area contributed by atoms with E-state index >= 15 is 0 Å². The number of carbonyl (C=O) groups is 1. The average molecular weight is 661 g/mol. The summed E-state index contributed by atoms with van der Waals surface area (Å²) >= 11 is 0. The number of ketones is 1. The zero-order valence-electron chi connectivity index (χ0n) is 25.1. The van der Waals surface area contributed by atoms with Crippen molar-refractivity contribution in [3.8, 4) is 5.75 Å². The van der Waals surface area contributed by atoms with Crippen LogP contribution < -0.4 is 4.74 Å². The van der Waals surface area contributed by atoms with Crippen LogP contribution in [0.1, 0.15) is 27.3 Å². The molecule has 0 aliphatic carbocycles. The molecule has 0 aliphatic heterocycles. The molecular formula is C37H28N2O6S2. The van der Waals surface area contributed by atoms with Crippen LogP contribution in [-0.2, 0) is 26.7 Å². The molecule has 0 amide bonds. The SMILES string of the molecule is Cc1ccc2cc(C(=O)c3cc4cc(OCc5ccccc5)ccc4n3S(=O)(=O)c3ccccc3)n(S(=O)(=O)c3ccccc3)c2c1. The molecule has 234 valence electrons. The van der Waals surface area contributed by atoms with Crippen LogP contribution >= 0.6 is 0 Å². The number of carbonyl (C=O) groups excluding carboxylic acids is 1. The lowest BCUT2D eigenvalue weighted by atomic mass is 10.1. The molecule has 7 aromatic rings. The van der Waals surface area contributed by atoms with E-state index in [-0.39, 0.29) is 33.3 Å². The van der Waals surface area contributed by atoms with Crippen molar-refractivity contribution in [3.63, 3.8) is 0 Å². The molecule has 47 heavy (non-hydrogen) atoms. The molecule has 0 aliphatic rings. The predicted molar refractivity (Wildman–Crippen MR) is 181 cm³/mol. The van der Waals surface area contributed by atoms with E-state index in [1.165, 1.54) is 36.4 Å². The lowest BCUT2D eigenvalue weighted by Crippen LogP contribution is -2.23. The predicted octanol–water partition coefficient (Wildman–Crippen LogP) is 7.19. The van der Waals surface area contributed by atoms with E-state index in [2.05, 4.69) is 0 Å². The minimum Gasteiger partial charge on any atom is -0.489 e. The number of benzene rings is 5. The van der Waals surface area contributed by atoms with Crippen molar-refractivity contribution in [3.05, 3.63) is 162 Å². The quantitative estimate of drug-likeness (QED) is 0.152. The average Bonchev–Trinajstić information content (AvgIpc) is 3.67. The van der Waals surface area contributed by atoms with Crippen molar-refractivity contribution in [1.29, 1.82) is 0 Å². The van der Waals surface area contributed by atoms with Gasteiger partial charge in [-0.2, -0.15) is 0 Å². The fourth-order valence-electron chi connectivity index (χ4n) is 5.65. The number of hydrogen-bond acceptors (Lipinski definition) is 6. The maximum Gasteiger partial charge on any atom is 0.268 e. The fraction of sp³-hybridized carbons (Fsp3) is 0.0541. The van der Waals surface area contributed by atoms with Crippen LogP contribution in [0.4, 0.5) is 0 Å². The molecule has 0 saturated heterocycles. The Morgan fingerprint density at radius 2 is 1.11 bits per heavy atom. The van der Waals surface area contributed by atoms with Crippen LogP contribution in [0.25, 0.3) is 21.8 Å². The molecule has 0 bridgehead atoms. The van der Waals surface area contributed by atoms with Gasteiger partial charge in [-0.15, -0.1) is 0 Å². The number of ether oxygens (including phenoxy) is 1. The maximum atomic E-state index is 14.7. The molecular weight excluding hydrogens is 633 g/mol. The second-order valence-electron chi connectivity index (χ2n) is 11.1. The molecule has 0 atom stereocenters. The summed E-state index contributed by atoms with van der Waals surface area (Å²) in [7, 11) is -8.59. The van der Waals surface area contributed by atoms with Crippen LogP contribution in [-0.4, -0.2) is 30.6 Å². The Balaban J connectivity index is 1.44. The van der Waals surface area contributed by atoms with E-state index in [0.29, 0.717) is 22.0 Å². The lowest BCUT2D eigenvalue weighted by Gasteiger charge is -2.14. The van der Waals surface area contributed by atoms with Crippen molar-refractivity contribution >= 4 is 47.6 Å². The molecule has 8 nitrogen and oxygen atoms in total. The zero-order chi connectivity index (χ0) is 32.8. The zero-order valence-corrected chi connectivity index (χ0v) is 26.8. The molecule has 2 heterocycles. The number of fused-ring (bicyclic) bond motifs is 2. The van der Waals surface area contributed by atoms with Crippen molar-refractivity contribution < 1.29 is 26.4 Å². The normalized spacial score (nSPS) is 12.0. The highest BCUT2D eigenvalue weighted by Crippen LogP contribution is 2.33. The highest BCUT2D eigenvalue weighted by Gasteiger charge is 2.32. The standard InChI is InChI=1S/C37H28N2O6S2/c1-26-17-18-28-23-35(39(34(28)21-26)47(43,44)32-15-9-4-10-16-32)37(40)36-24-29-22-30(45-25-27-11-5-2-6-12-27)19-20-33(29)38(36)46(41,42)31-13-7-3-8-14-31/h2-24H,25H2,1H3. The summed E-state index contributed by atoms with van der Waals surface area (Å²) in [6.07, 6.45) is 0. The van der Waals surface area contributed by atoms with Gasteiger partial charge in [-0.1, -0.05) is 78.9 Å². The van der Waals surface area contributed by atoms with Gasteiger partial charge >= 0.3 is 0 Å². The second-order valence-corrected chi connectivity index (χ2v) is 14.7. The third-order valence-corrected chi connectivity index (χ3v) is 11.4. The van der Waals surface area contributed by atoms with Crippen LogP contribution in [0.2, 0.25) is 0 Å². The third-order valence-electron chi connectivity index (χ3n) is 7.92. The fourth-order valence-corrected chi connectivity index (χ4v) is 8.70. The Labute approximate surface area is 272 Å². The molecule has 10 heteroatoms. The summed E-state index contributed by atoms with van der Waals surface area (Å²) in [5, 5.41) is 0.950. The van der Waals surface area contributed by atoms with E-state index in [1.807, 2.05) is 43.3 Å². The largest absolute Gasteiger partial charge is 0.489 e. The lowest BCUT2D eigenvalue weighted by molar-refractivity contribution is 0.102. The Morgan fingerprint density at radius 3 is 1.70 bits per heavy atom. The van der Waals surface area contributed by atoms with Gasteiger partial charge in [-0.05, 0) is 78.7 Å². The third kappa shape index (κ3) is 5.41. The van der Waals surface area contributed by atoms with Gasteiger partial charge < -0.3 is 4.74 Å². The first-order valence-electron chi connectivity index (χ1n) is 14.7. The van der Waals surface area contributed by atoms with Gasteiger partial charge in [0.15, 0.2) is 0 Å². The van der Waals surface area contributed by atoms with E-state index < -0.39 is 25.8 Å². The summed E-state index contributed by atoms with van der Waals surface area (Å²) in [5.74, 6) is -0.299.